The SMILES string of the molecule is [B]c1ccc(-c2cc3cccnc3cc2O)nn1. The first-order chi connectivity index (χ1) is 8.74. The second-order valence-electron chi connectivity index (χ2n) is 3.91. The van der Waals surface area contributed by atoms with E-state index in [9.17, 15) is 5.11 Å². The third kappa shape index (κ3) is 1.80. The molecule has 2 heterocycles. The molecule has 18 heavy (non-hydrogen) atoms. The Bertz CT molecular complexity index is 713. The van der Waals surface area contributed by atoms with Gasteiger partial charge in [0.2, 0.25) is 0 Å². The topological polar surface area (TPSA) is 58.9 Å². The average molecular weight is 233 g/mol. The highest BCUT2D eigenvalue weighted by Crippen LogP contribution is 2.30. The van der Waals surface area contributed by atoms with E-state index >= 15 is 0 Å². The molecular formula is C13H8BN3O. The number of hydrogen-bond donors (Lipinski definition) is 1. The van der Waals surface area contributed by atoms with Crippen LogP contribution in [0.3, 0.4) is 0 Å². The summed E-state index contributed by atoms with van der Waals surface area (Å²) in [6.07, 6.45) is 1.68. The second kappa shape index (κ2) is 4.11. The molecule has 1 N–H and O–H groups in total. The Kier molecular flexibility index (Phi) is 2.44. The summed E-state index contributed by atoms with van der Waals surface area (Å²) >= 11 is 0. The van der Waals surface area contributed by atoms with Crippen LogP contribution in [-0.2, 0) is 0 Å². The molecule has 0 bridgehead atoms. The lowest BCUT2D eigenvalue weighted by molar-refractivity contribution is 0.477. The Morgan fingerprint density at radius 2 is 1.94 bits per heavy atom. The van der Waals surface area contributed by atoms with Crippen molar-refractivity contribution in [3.63, 3.8) is 0 Å². The van der Waals surface area contributed by atoms with Gasteiger partial charge in [-0.25, -0.2) is 0 Å². The number of fused-ring (bicyclic) bond motifs is 1. The van der Waals surface area contributed by atoms with Gasteiger partial charge in [0.05, 0.1) is 11.2 Å². The van der Waals surface area contributed by atoms with E-state index in [1.165, 1.54) is 0 Å². The Labute approximate surface area is 105 Å². The zero-order valence-corrected chi connectivity index (χ0v) is 9.41. The van der Waals surface area contributed by atoms with Crippen LogP contribution in [0, 0.1) is 0 Å². The minimum atomic E-state index is 0.125. The lowest BCUT2D eigenvalue weighted by Gasteiger charge is -2.05. The van der Waals surface area contributed by atoms with Crippen molar-refractivity contribution in [3.05, 3.63) is 42.6 Å². The molecule has 0 saturated heterocycles. The number of nitrogens with zero attached hydrogens (tertiary/aromatic N) is 3. The van der Waals surface area contributed by atoms with Crippen LogP contribution in [0.1, 0.15) is 0 Å². The summed E-state index contributed by atoms with van der Waals surface area (Å²) in [6, 6.07) is 10.6. The van der Waals surface area contributed by atoms with Crippen LogP contribution in [0.25, 0.3) is 22.2 Å². The van der Waals surface area contributed by atoms with Crippen molar-refractivity contribution in [2.45, 2.75) is 0 Å². The van der Waals surface area contributed by atoms with Crippen molar-refractivity contribution >= 4 is 24.3 Å². The predicted molar refractivity (Wildman–Crippen MR) is 69.8 cm³/mol. The maximum absolute atomic E-state index is 9.99. The molecule has 0 atom stereocenters. The fraction of sp³-hybridized carbons (Fsp3) is 0. The molecule has 0 aliphatic rings. The van der Waals surface area contributed by atoms with Gasteiger partial charge in [-0.15, -0.1) is 0 Å². The van der Waals surface area contributed by atoms with Gasteiger partial charge >= 0.3 is 0 Å². The quantitative estimate of drug-likeness (QED) is 0.641. The zero-order valence-electron chi connectivity index (χ0n) is 9.41. The van der Waals surface area contributed by atoms with Crippen LogP contribution in [-0.4, -0.2) is 28.1 Å². The fourth-order valence-corrected chi connectivity index (χ4v) is 1.80. The molecule has 0 spiro atoms. The summed E-state index contributed by atoms with van der Waals surface area (Å²) in [5.74, 6) is 0.125. The summed E-state index contributed by atoms with van der Waals surface area (Å²) in [4.78, 5) is 4.17. The van der Waals surface area contributed by atoms with Crippen molar-refractivity contribution in [1.29, 1.82) is 0 Å². The summed E-state index contributed by atoms with van der Waals surface area (Å²) in [5.41, 5.74) is 2.28. The highest BCUT2D eigenvalue weighted by atomic mass is 16.3. The highest BCUT2D eigenvalue weighted by Gasteiger charge is 2.08. The van der Waals surface area contributed by atoms with Gasteiger partial charge in [0.25, 0.3) is 0 Å². The molecule has 2 aromatic heterocycles. The van der Waals surface area contributed by atoms with E-state index in [1.807, 2.05) is 18.2 Å². The average Bonchev–Trinajstić information content (AvgIpc) is 2.39. The van der Waals surface area contributed by atoms with E-state index in [4.69, 9.17) is 7.85 Å². The Balaban J connectivity index is 2.22. The number of aromatic nitrogens is 3. The van der Waals surface area contributed by atoms with Gasteiger partial charge in [-0.1, -0.05) is 6.07 Å². The monoisotopic (exact) mass is 233 g/mol. The van der Waals surface area contributed by atoms with E-state index in [0.717, 1.165) is 10.9 Å². The smallest absolute Gasteiger partial charge is 0.144 e. The van der Waals surface area contributed by atoms with Crippen LogP contribution >= 0.6 is 0 Å². The number of phenols is 1. The number of aromatic hydroxyl groups is 1. The van der Waals surface area contributed by atoms with Crippen molar-refractivity contribution in [2.75, 3.05) is 0 Å². The predicted octanol–water partition coefficient (Wildman–Crippen LogP) is 1.19. The van der Waals surface area contributed by atoms with Gasteiger partial charge in [-0.05, 0) is 24.3 Å². The summed E-state index contributed by atoms with van der Waals surface area (Å²) in [7, 11) is 5.49. The molecule has 2 radical (unpaired) electrons. The second-order valence-corrected chi connectivity index (χ2v) is 3.91. The first-order valence-corrected chi connectivity index (χ1v) is 5.41. The molecule has 0 unspecified atom stereocenters. The number of hydrogen-bond acceptors (Lipinski definition) is 4. The summed E-state index contributed by atoms with van der Waals surface area (Å²) in [5, 5.41) is 18.7. The van der Waals surface area contributed by atoms with E-state index in [0.29, 0.717) is 16.9 Å². The minimum absolute atomic E-state index is 0.125. The number of phenolic OH excluding ortho intramolecular Hbond substituents is 1. The Morgan fingerprint density at radius 3 is 2.72 bits per heavy atom. The van der Waals surface area contributed by atoms with Crippen molar-refractivity contribution < 1.29 is 5.11 Å². The minimum Gasteiger partial charge on any atom is -0.507 e. The van der Waals surface area contributed by atoms with Crippen molar-refractivity contribution in [2.24, 2.45) is 0 Å². The Hall–Kier alpha value is -2.43. The highest BCUT2D eigenvalue weighted by molar-refractivity contribution is 6.30. The van der Waals surface area contributed by atoms with Gasteiger partial charge < -0.3 is 5.11 Å². The standard InChI is InChI=1S/C13H8BN3O/c14-13-4-3-10(16-17-13)9-6-8-2-1-5-15-11(8)7-12(9)18/h1-7,18H. The molecule has 0 saturated carbocycles. The van der Waals surface area contributed by atoms with E-state index in [1.54, 1.807) is 24.4 Å². The lowest BCUT2D eigenvalue weighted by Crippen LogP contribution is -2.09. The van der Waals surface area contributed by atoms with E-state index in [2.05, 4.69) is 15.2 Å². The number of pyridine rings is 1. The van der Waals surface area contributed by atoms with Gasteiger partial charge in [0.15, 0.2) is 0 Å². The van der Waals surface area contributed by atoms with Gasteiger partial charge in [-0.2, -0.15) is 10.2 Å². The Morgan fingerprint density at radius 1 is 1.06 bits per heavy atom. The molecule has 3 aromatic rings. The largest absolute Gasteiger partial charge is 0.507 e. The number of rotatable bonds is 1. The van der Waals surface area contributed by atoms with Gasteiger partial charge in [0, 0.05) is 28.8 Å². The molecule has 5 heteroatoms. The van der Waals surface area contributed by atoms with Crippen LogP contribution in [0.5, 0.6) is 5.75 Å². The molecule has 1 aromatic carbocycles. The third-order valence-corrected chi connectivity index (χ3v) is 2.68. The third-order valence-electron chi connectivity index (χ3n) is 2.68. The maximum atomic E-state index is 9.99. The summed E-state index contributed by atoms with van der Waals surface area (Å²) in [6.45, 7) is 0. The maximum Gasteiger partial charge on any atom is 0.144 e. The first-order valence-electron chi connectivity index (χ1n) is 5.41. The van der Waals surface area contributed by atoms with Crippen LogP contribution in [0.15, 0.2) is 42.6 Å². The van der Waals surface area contributed by atoms with E-state index < -0.39 is 0 Å². The molecule has 0 aliphatic heterocycles. The van der Waals surface area contributed by atoms with Crippen LogP contribution < -0.4 is 5.59 Å². The van der Waals surface area contributed by atoms with Gasteiger partial charge in [-0.3, -0.25) is 4.98 Å². The van der Waals surface area contributed by atoms with Crippen molar-refractivity contribution in [3.8, 4) is 17.0 Å². The number of benzene rings is 1. The first kappa shape index (κ1) is 10.7. The molecular weight excluding hydrogens is 225 g/mol. The van der Waals surface area contributed by atoms with Crippen molar-refractivity contribution in [1.82, 2.24) is 15.2 Å². The zero-order chi connectivity index (χ0) is 12.5. The van der Waals surface area contributed by atoms with Crippen LogP contribution in [0.2, 0.25) is 0 Å². The molecule has 0 aliphatic carbocycles. The fourth-order valence-electron chi connectivity index (χ4n) is 1.80. The molecule has 0 amide bonds. The summed E-state index contributed by atoms with van der Waals surface area (Å²) < 4.78 is 0. The molecule has 84 valence electrons. The molecule has 0 fully saturated rings. The lowest BCUT2D eigenvalue weighted by atomic mass is 10.0. The van der Waals surface area contributed by atoms with Crippen LogP contribution in [0.4, 0.5) is 0 Å². The normalized spacial score (nSPS) is 10.7. The molecule has 4 nitrogen and oxygen atoms in total. The van der Waals surface area contributed by atoms with Gasteiger partial charge in [0.1, 0.15) is 13.6 Å². The molecule has 3 rings (SSSR count). The van der Waals surface area contributed by atoms with E-state index in [-0.39, 0.29) is 5.75 Å².